The zero-order valence-corrected chi connectivity index (χ0v) is 20.8. The average Bonchev–Trinajstić information content (AvgIpc) is 3.49. The lowest BCUT2D eigenvalue weighted by molar-refractivity contribution is -0.118. The number of guanidine groups is 1. The van der Waals surface area contributed by atoms with Crippen LogP contribution in [0.5, 0.6) is 0 Å². The van der Waals surface area contributed by atoms with Crippen molar-refractivity contribution in [2.24, 2.45) is 4.99 Å². The van der Waals surface area contributed by atoms with E-state index in [2.05, 4.69) is 31.0 Å². The topological polar surface area (TPSA) is 135 Å². The number of anilines is 2. The Morgan fingerprint density at radius 1 is 1.32 bits per heavy atom. The molecular formula is C25H24ClFN8O2. The number of nitrogens with two attached hydrogens (primary N) is 1. The summed E-state index contributed by atoms with van der Waals surface area (Å²) in [6.07, 6.45) is 3.56. The maximum Gasteiger partial charge on any atom is 0.302 e. The highest BCUT2D eigenvalue weighted by atomic mass is 35.5. The molecule has 0 fully saturated rings. The SMILES string of the molecule is CCn1cc(CNC(=O)C2=C(C)NC(Nc3nc4cccc(N)c4o3)=NC2c2ccc(F)cc2Cl)cn1. The number of halogens is 2. The van der Waals surface area contributed by atoms with E-state index in [0.717, 1.165) is 12.1 Å². The lowest BCUT2D eigenvalue weighted by atomic mass is 9.95. The summed E-state index contributed by atoms with van der Waals surface area (Å²) in [5.41, 5.74) is 9.63. The standard InChI is InChI=1S/C25H24ClFN8O2/c1-3-35-12-14(11-30-35)10-29-23(36)20-13(2)31-24(33-21(20)16-8-7-15(27)9-17(16)26)34-25-32-19-6-4-5-18(28)22(19)37-25/h4-9,11-12,21H,3,10,28H2,1-2H3,(H,29,36)(H2,31,32,33,34). The summed E-state index contributed by atoms with van der Waals surface area (Å²) in [4.78, 5) is 22.4. The number of nitrogens with one attached hydrogen (secondary N) is 3. The number of carbonyl (C=O) groups excluding carboxylic acids is 1. The number of aryl methyl sites for hydroxylation is 1. The van der Waals surface area contributed by atoms with Crippen LogP contribution in [0.4, 0.5) is 16.1 Å². The third-order valence-electron chi connectivity index (χ3n) is 5.88. The molecule has 1 amide bonds. The zero-order valence-electron chi connectivity index (χ0n) is 20.0. The number of para-hydroxylation sites is 1. The van der Waals surface area contributed by atoms with Crippen LogP contribution in [0, 0.1) is 5.82 Å². The van der Waals surface area contributed by atoms with Crippen LogP contribution in [-0.4, -0.2) is 26.6 Å². The first kappa shape index (κ1) is 24.3. The normalized spacial score (nSPS) is 15.5. The van der Waals surface area contributed by atoms with Gasteiger partial charge in [0.15, 0.2) is 5.58 Å². The van der Waals surface area contributed by atoms with Crippen molar-refractivity contribution in [1.29, 1.82) is 0 Å². The Hall–Kier alpha value is -4.38. The number of aliphatic imine (C=N–C) groups is 1. The van der Waals surface area contributed by atoms with Gasteiger partial charge in [-0.2, -0.15) is 10.1 Å². The van der Waals surface area contributed by atoms with Crippen molar-refractivity contribution < 1.29 is 13.6 Å². The fourth-order valence-corrected chi connectivity index (χ4v) is 4.33. The van der Waals surface area contributed by atoms with Gasteiger partial charge < -0.3 is 20.8 Å². The largest absolute Gasteiger partial charge is 0.421 e. The van der Waals surface area contributed by atoms with Crippen LogP contribution >= 0.6 is 11.6 Å². The van der Waals surface area contributed by atoms with Crippen molar-refractivity contribution in [1.82, 2.24) is 25.4 Å². The highest BCUT2D eigenvalue weighted by Gasteiger charge is 2.31. The minimum Gasteiger partial charge on any atom is -0.421 e. The first-order valence-corrected chi connectivity index (χ1v) is 11.9. The lowest BCUT2D eigenvalue weighted by Gasteiger charge is -2.27. The lowest BCUT2D eigenvalue weighted by Crippen LogP contribution is -2.39. The van der Waals surface area contributed by atoms with Gasteiger partial charge in [-0.3, -0.25) is 14.8 Å². The minimum absolute atomic E-state index is 0.145. The maximum absolute atomic E-state index is 13.8. The van der Waals surface area contributed by atoms with Crippen LogP contribution in [0.25, 0.3) is 11.1 Å². The van der Waals surface area contributed by atoms with Crippen molar-refractivity contribution in [3.63, 3.8) is 0 Å². The molecule has 0 saturated heterocycles. The fraction of sp³-hybridized carbons (Fsp3) is 0.200. The second kappa shape index (κ2) is 9.94. The molecule has 1 unspecified atom stereocenters. The second-order valence-corrected chi connectivity index (χ2v) is 8.84. The van der Waals surface area contributed by atoms with Gasteiger partial charge in [-0.25, -0.2) is 9.38 Å². The molecule has 4 aromatic rings. The number of hydrogen-bond donors (Lipinski definition) is 4. The number of benzene rings is 2. The Labute approximate surface area is 216 Å². The molecule has 0 saturated carbocycles. The van der Waals surface area contributed by atoms with Gasteiger partial charge in [0, 0.05) is 41.1 Å². The summed E-state index contributed by atoms with van der Waals surface area (Å²) in [6.45, 7) is 4.73. The van der Waals surface area contributed by atoms with E-state index in [1.54, 1.807) is 36.0 Å². The van der Waals surface area contributed by atoms with Crippen molar-refractivity contribution in [2.75, 3.05) is 11.1 Å². The van der Waals surface area contributed by atoms with Crippen LogP contribution in [0.2, 0.25) is 5.02 Å². The molecule has 12 heteroatoms. The van der Waals surface area contributed by atoms with Gasteiger partial charge in [-0.1, -0.05) is 23.7 Å². The monoisotopic (exact) mass is 522 g/mol. The molecule has 1 aliphatic heterocycles. The summed E-state index contributed by atoms with van der Waals surface area (Å²) in [5, 5.41) is 13.4. The molecule has 37 heavy (non-hydrogen) atoms. The van der Waals surface area contributed by atoms with E-state index < -0.39 is 11.9 Å². The summed E-state index contributed by atoms with van der Waals surface area (Å²) in [6, 6.07) is 8.58. The minimum atomic E-state index is -0.829. The average molecular weight is 523 g/mol. The first-order valence-electron chi connectivity index (χ1n) is 11.5. The highest BCUT2D eigenvalue weighted by molar-refractivity contribution is 6.31. The van der Waals surface area contributed by atoms with Gasteiger partial charge in [0.25, 0.3) is 5.91 Å². The van der Waals surface area contributed by atoms with E-state index in [9.17, 15) is 9.18 Å². The molecule has 5 N–H and O–H groups in total. The molecule has 0 bridgehead atoms. The third kappa shape index (κ3) is 4.98. The van der Waals surface area contributed by atoms with E-state index in [-0.39, 0.29) is 29.4 Å². The number of oxazole rings is 1. The Bertz CT molecular complexity index is 1560. The number of nitrogens with zero attached hydrogens (tertiary/aromatic N) is 4. The van der Waals surface area contributed by atoms with Gasteiger partial charge >= 0.3 is 6.01 Å². The number of fused-ring (bicyclic) bond motifs is 1. The zero-order chi connectivity index (χ0) is 26.1. The molecule has 1 atom stereocenters. The van der Waals surface area contributed by atoms with E-state index in [0.29, 0.717) is 33.6 Å². The summed E-state index contributed by atoms with van der Waals surface area (Å²) in [5.74, 6) is -0.570. The van der Waals surface area contributed by atoms with Crippen molar-refractivity contribution in [3.8, 4) is 0 Å². The van der Waals surface area contributed by atoms with Gasteiger partial charge in [0.1, 0.15) is 17.4 Å². The van der Waals surface area contributed by atoms with Gasteiger partial charge in [-0.05, 0) is 38.1 Å². The summed E-state index contributed by atoms with van der Waals surface area (Å²) < 4.78 is 21.3. The molecule has 2 aromatic carbocycles. The molecule has 5 rings (SSSR count). The summed E-state index contributed by atoms with van der Waals surface area (Å²) >= 11 is 6.39. The van der Waals surface area contributed by atoms with Crippen molar-refractivity contribution in [2.45, 2.75) is 33.0 Å². The molecule has 0 aliphatic carbocycles. The predicted octanol–water partition coefficient (Wildman–Crippen LogP) is 4.12. The Balaban J connectivity index is 1.45. The molecule has 10 nitrogen and oxygen atoms in total. The predicted molar refractivity (Wildman–Crippen MR) is 139 cm³/mol. The van der Waals surface area contributed by atoms with E-state index in [4.69, 9.17) is 21.8 Å². The number of amides is 1. The highest BCUT2D eigenvalue weighted by Crippen LogP contribution is 2.35. The maximum atomic E-state index is 13.8. The van der Waals surface area contributed by atoms with Crippen LogP contribution < -0.4 is 21.7 Å². The van der Waals surface area contributed by atoms with E-state index >= 15 is 0 Å². The Morgan fingerprint density at radius 3 is 2.89 bits per heavy atom. The van der Waals surface area contributed by atoms with Crippen LogP contribution in [-0.2, 0) is 17.9 Å². The number of allylic oxidation sites excluding steroid dienone is 1. The van der Waals surface area contributed by atoms with Gasteiger partial charge in [0.05, 0.1) is 17.5 Å². The number of aromatic nitrogens is 3. The molecule has 2 aromatic heterocycles. The molecule has 3 heterocycles. The molecular weight excluding hydrogens is 499 g/mol. The number of nitrogen functional groups attached to an aromatic ring is 1. The van der Waals surface area contributed by atoms with Crippen LogP contribution in [0.15, 0.2) is 69.5 Å². The van der Waals surface area contributed by atoms with Crippen molar-refractivity contribution >= 4 is 46.3 Å². The molecule has 190 valence electrons. The second-order valence-electron chi connectivity index (χ2n) is 8.44. The number of rotatable bonds is 6. The fourth-order valence-electron chi connectivity index (χ4n) is 4.06. The third-order valence-corrected chi connectivity index (χ3v) is 6.21. The van der Waals surface area contributed by atoms with Crippen LogP contribution in [0.3, 0.4) is 0 Å². The Morgan fingerprint density at radius 2 is 2.16 bits per heavy atom. The van der Waals surface area contributed by atoms with Gasteiger partial charge in [0.2, 0.25) is 5.96 Å². The number of hydrogen-bond acceptors (Lipinski definition) is 8. The van der Waals surface area contributed by atoms with Crippen molar-refractivity contribution in [3.05, 3.63) is 82.0 Å². The Kier molecular flexibility index (Phi) is 6.53. The quantitative estimate of drug-likeness (QED) is 0.280. The smallest absolute Gasteiger partial charge is 0.302 e. The molecule has 1 aliphatic rings. The molecule has 0 radical (unpaired) electrons. The van der Waals surface area contributed by atoms with Crippen LogP contribution in [0.1, 0.15) is 31.0 Å². The first-order chi connectivity index (χ1) is 17.8. The number of carbonyl (C=O) groups is 1. The molecule has 0 spiro atoms. The van der Waals surface area contributed by atoms with E-state index in [1.807, 2.05) is 13.1 Å². The van der Waals surface area contributed by atoms with E-state index in [1.165, 1.54) is 18.2 Å². The summed E-state index contributed by atoms with van der Waals surface area (Å²) in [7, 11) is 0. The van der Waals surface area contributed by atoms with Gasteiger partial charge in [-0.15, -0.1) is 0 Å².